The first kappa shape index (κ1) is 15.8. The summed E-state index contributed by atoms with van der Waals surface area (Å²) < 4.78 is 18.0. The number of alkyl carbamates (subject to hydrolysis) is 1. The molecule has 118 valence electrons. The van der Waals surface area contributed by atoms with Gasteiger partial charge in [-0.15, -0.1) is 0 Å². The lowest BCUT2D eigenvalue weighted by Crippen LogP contribution is -2.35. The largest absolute Gasteiger partial charge is 0.450 e. The van der Waals surface area contributed by atoms with Crippen LogP contribution in [0.3, 0.4) is 0 Å². The Morgan fingerprint density at radius 3 is 2.68 bits per heavy atom. The second kappa shape index (κ2) is 6.93. The van der Waals surface area contributed by atoms with Crippen LogP contribution >= 0.6 is 0 Å². The van der Waals surface area contributed by atoms with E-state index >= 15 is 0 Å². The summed E-state index contributed by atoms with van der Waals surface area (Å²) in [6, 6.07) is 4.45. The number of ether oxygens (including phenoxy) is 1. The quantitative estimate of drug-likeness (QED) is 0.740. The third kappa shape index (κ3) is 3.75. The Bertz CT molecular complexity index is 697. The molecule has 0 atom stereocenters. The van der Waals surface area contributed by atoms with Crippen molar-refractivity contribution >= 4 is 22.9 Å². The molecule has 0 saturated heterocycles. The molecule has 7 heteroatoms. The fraction of sp³-hybridized carbons (Fsp3) is 0.333. The van der Waals surface area contributed by atoms with Gasteiger partial charge in [0.1, 0.15) is 11.5 Å². The molecule has 22 heavy (non-hydrogen) atoms. The van der Waals surface area contributed by atoms with Gasteiger partial charge in [0.15, 0.2) is 0 Å². The van der Waals surface area contributed by atoms with Crippen LogP contribution in [0.2, 0.25) is 0 Å². The van der Waals surface area contributed by atoms with Crippen LogP contribution in [0.1, 0.15) is 23.0 Å². The zero-order chi connectivity index (χ0) is 16.1. The lowest BCUT2D eigenvalue weighted by atomic mass is 10.1. The van der Waals surface area contributed by atoms with Crippen molar-refractivity contribution < 1.29 is 18.7 Å². The molecular weight excluding hydrogens is 289 g/mol. The molecule has 0 saturated carbocycles. The SMILES string of the molecule is CCOC(=O)NCCNC(=O)c1cc2c(C)cc(F)cc2[nH]1. The van der Waals surface area contributed by atoms with E-state index in [2.05, 4.69) is 15.6 Å². The molecule has 1 aromatic carbocycles. The molecule has 2 aromatic rings. The lowest BCUT2D eigenvalue weighted by molar-refractivity contribution is 0.0948. The third-order valence-corrected chi connectivity index (χ3v) is 3.11. The van der Waals surface area contributed by atoms with E-state index in [0.29, 0.717) is 17.8 Å². The molecule has 0 aliphatic carbocycles. The van der Waals surface area contributed by atoms with Crippen molar-refractivity contribution in [3.8, 4) is 0 Å². The summed E-state index contributed by atoms with van der Waals surface area (Å²) in [5.74, 6) is -0.667. The smallest absolute Gasteiger partial charge is 0.407 e. The van der Waals surface area contributed by atoms with Crippen molar-refractivity contribution in [3.63, 3.8) is 0 Å². The first-order chi connectivity index (χ1) is 10.5. The molecule has 0 spiro atoms. The molecule has 0 bridgehead atoms. The van der Waals surface area contributed by atoms with Gasteiger partial charge in [0, 0.05) is 24.0 Å². The number of rotatable bonds is 5. The van der Waals surface area contributed by atoms with Crippen LogP contribution in [0.25, 0.3) is 10.9 Å². The minimum Gasteiger partial charge on any atom is -0.450 e. The maximum atomic E-state index is 13.3. The van der Waals surface area contributed by atoms with Crippen LogP contribution in [0.15, 0.2) is 18.2 Å². The molecule has 1 aromatic heterocycles. The molecule has 3 N–H and O–H groups in total. The first-order valence-corrected chi connectivity index (χ1v) is 6.99. The van der Waals surface area contributed by atoms with Crippen molar-refractivity contribution in [2.45, 2.75) is 13.8 Å². The predicted molar refractivity (Wildman–Crippen MR) is 80.4 cm³/mol. The molecule has 0 aliphatic heterocycles. The highest BCUT2D eigenvalue weighted by atomic mass is 19.1. The van der Waals surface area contributed by atoms with Crippen LogP contribution < -0.4 is 10.6 Å². The van der Waals surface area contributed by atoms with Crippen molar-refractivity contribution in [3.05, 3.63) is 35.3 Å². The molecule has 2 rings (SSSR count). The van der Waals surface area contributed by atoms with E-state index in [9.17, 15) is 14.0 Å². The number of carbonyl (C=O) groups is 2. The van der Waals surface area contributed by atoms with Gasteiger partial charge in [0.2, 0.25) is 0 Å². The number of hydrogen-bond acceptors (Lipinski definition) is 3. The van der Waals surface area contributed by atoms with Gasteiger partial charge in [0.25, 0.3) is 5.91 Å². The van der Waals surface area contributed by atoms with Gasteiger partial charge in [-0.3, -0.25) is 4.79 Å². The van der Waals surface area contributed by atoms with E-state index in [0.717, 1.165) is 10.9 Å². The molecular formula is C15H18FN3O3. The van der Waals surface area contributed by atoms with Gasteiger partial charge >= 0.3 is 6.09 Å². The van der Waals surface area contributed by atoms with Crippen LogP contribution in [0.4, 0.5) is 9.18 Å². The summed E-state index contributed by atoms with van der Waals surface area (Å²) in [7, 11) is 0. The number of fused-ring (bicyclic) bond motifs is 1. The average molecular weight is 307 g/mol. The third-order valence-electron chi connectivity index (χ3n) is 3.11. The maximum Gasteiger partial charge on any atom is 0.407 e. The Morgan fingerprint density at radius 2 is 1.95 bits per heavy atom. The van der Waals surface area contributed by atoms with E-state index in [4.69, 9.17) is 4.74 Å². The number of H-pyrrole nitrogens is 1. The zero-order valence-corrected chi connectivity index (χ0v) is 12.5. The summed E-state index contributed by atoms with van der Waals surface area (Å²) >= 11 is 0. The minimum atomic E-state index is -0.520. The summed E-state index contributed by atoms with van der Waals surface area (Å²) in [4.78, 5) is 25.9. The molecule has 0 aliphatic rings. The van der Waals surface area contributed by atoms with Gasteiger partial charge in [-0.1, -0.05) is 0 Å². The van der Waals surface area contributed by atoms with Gasteiger partial charge in [-0.2, -0.15) is 0 Å². The number of aromatic nitrogens is 1. The number of carbonyl (C=O) groups excluding carboxylic acids is 2. The molecule has 2 amide bonds. The van der Waals surface area contributed by atoms with Gasteiger partial charge in [-0.05, 0) is 37.6 Å². The fourth-order valence-electron chi connectivity index (χ4n) is 2.12. The van der Waals surface area contributed by atoms with Gasteiger partial charge in [0.05, 0.1) is 6.61 Å². The van der Waals surface area contributed by atoms with E-state index in [-0.39, 0.29) is 24.8 Å². The Labute approximate surface area is 127 Å². The Kier molecular flexibility index (Phi) is 4.98. The maximum absolute atomic E-state index is 13.3. The number of aryl methyl sites for hydroxylation is 1. The number of benzene rings is 1. The highest BCUT2D eigenvalue weighted by Crippen LogP contribution is 2.20. The van der Waals surface area contributed by atoms with E-state index in [1.165, 1.54) is 12.1 Å². The van der Waals surface area contributed by atoms with Crippen LogP contribution in [-0.2, 0) is 4.74 Å². The molecule has 0 fully saturated rings. The molecule has 0 radical (unpaired) electrons. The second-order valence-electron chi connectivity index (χ2n) is 4.77. The number of nitrogens with one attached hydrogen (secondary N) is 3. The summed E-state index contributed by atoms with van der Waals surface area (Å²) in [6.45, 7) is 4.31. The number of amides is 2. The molecule has 1 heterocycles. The van der Waals surface area contributed by atoms with Crippen molar-refractivity contribution in [2.75, 3.05) is 19.7 Å². The van der Waals surface area contributed by atoms with Crippen molar-refractivity contribution in [1.29, 1.82) is 0 Å². The lowest BCUT2D eigenvalue weighted by Gasteiger charge is -2.06. The van der Waals surface area contributed by atoms with E-state index in [1.807, 2.05) is 0 Å². The van der Waals surface area contributed by atoms with E-state index in [1.54, 1.807) is 19.9 Å². The van der Waals surface area contributed by atoms with Crippen LogP contribution in [-0.4, -0.2) is 36.7 Å². The van der Waals surface area contributed by atoms with Crippen molar-refractivity contribution in [2.24, 2.45) is 0 Å². The average Bonchev–Trinajstić information content (AvgIpc) is 2.88. The summed E-state index contributed by atoms with van der Waals surface area (Å²) in [6.07, 6.45) is -0.520. The zero-order valence-electron chi connectivity index (χ0n) is 12.5. The highest BCUT2D eigenvalue weighted by molar-refractivity contribution is 5.98. The second-order valence-corrected chi connectivity index (χ2v) is 4.77. The Balaban J connectivity index is 1.93. The van der Waals surface area contributed by atoms with Gasteiger partial charge in [-0.25, -0.2) is 9.18 Å². The number of aromatic amines is 1. The highest BCUT2D eigenvalue weighted by Gasteiger charge is 2.11. The van der Waals surface area contributed by atoms with Crippen LogP contribution in [0, 0.1) is 12.7 Å². The minimum absolute atomic E-state index is 0.262. The standard InChI is InChI=1S/C15H18FN3O3/c1-3-22-15(21)18-5-4-17-14(20)13-8-11-9(2)6-10(16)7-12(11)19-13/h6-8,19H,3-5H2,1-2H3,(H,17,20)(H,18,21). The topological polar surface area (TPSA) is 83.2 Å². The molecule has 6 nitrogen and oxygen atoms in total. The van der Waals surface area contributed by atoms with Gasteiger partial charge < -0.3 is 20.4 Å². The first-order valence-electron chi connectivity index (χ1n) is 6.99. The van der Waals surface area contributed by atoms with Crippen LogP contribution in [0.5, 0.6) is 0 Å². The Hall–Kier alpha value is -2.57. The van der Waals surface area contributed by atoms with Crippen molar-refractivity contribution in [1.82, 2.24) is 15.6 Å². The number of hydrogen-bond donors (Lipinski definition) is 3. The fourth-order valence-corrected chi connectivity index (χ4v) is 2.12. The Morgan fingerprint density at radius 1 is 1.23 bits per heavy atom. The molecule has 0 unspecified atom stereocenters. The number of halogens is 1. The summed E-state index contributed by atoms with van der Waals surface area (Å²) in [5.41, 5.74) is 1.68. The predicted octanol–water partition coefficient (Wildman–Crippen LogP) is 2.09. The summed E-state index contributed by atoms with van der Waals surface area (Å²) in [5, 5.41) is 5.96. The normalized spacial score (nSPS) is 10.5. The monoisotopic (exact) mass is 307 g/mol. The van der Waals surface area contributed by atoms with E-state index < -0.39 is 6.09 Å².